The number of oxazole rings is 1. The number of aryl methyl sites for hydroxylation is 2. The first-order valence-electron chi connectivity index (χ1n) is 14.4. The molecule has 10 heteroatoms. The molecule has 1 fully saturated rings. The summed E-state index contributed by atoms with van der Waals surface area (Å²) in [6.45, 7) is 10.0. The summed E-state index contributed by atoms with van der Waals surface area (Å²) in [6, 6.07) is 9.53. The molecular formula is C30H39N5O5. The van der Waals surface area contributed by atoms with Gasteiger partial charge in [-0.05, 0) is 63.3 Å². The van der Waals surface area contributed by atoms with E-state index >= 15 is 0 Å². The lowest BCUT2D eigenvalue weighted by Crippen LogP contribution is -2.50. The number of aromatic nitrogens is 3. The maximum Gasteiger partial charge on any atom is 0.410 e. The van der Waals surface area contributed by atoms with Crippen molar-refractivity contribution in [3.63, 3.8) is 0 Å². The van der Waals surface area contributed by atoms with E-state index in [-0.39, 0.29) is 23.7 Å². The van der Waals surface area contributed by atoms with Gasteiger partial charge in [-0.3, -0.25) is 9.69 Å². The van der Waals surface area contributed by atoms with Crippen LogP contribution in [0, 0.1) is 0 Å². The third kappa shape index (κ3) is 6.72. The molecule has 1 aliphatic carbocycles. The predicted molar refractivity (Wildman–Crippen MR) is 151 cm³/mol. The zero-order chi connectivity index (χ0) is 28.1. The van der Waals surface area contributed by atoms with Gasteiger partial charge in [0.15, 0.2) is 0 Å². The van der Waals surface area contributed by atoms with Crippen molar-refractivity contribution in [3.8, 4) is 17.2 Å². The Morgan fingerprint density at radius 1 is 1.20 bits per heavy atom. The van der Waals surface area contributed by atoms with Crippen molar-refractivity contribution < 1.29 is 18.7 Å². The Morgan fingerprint density at radius 3 is 2.80 bits per heavy atom. The number of carbonyl (C=O) groups excluding carboxylic acids is 1. The summed E-state index contributed by atoms with van der Waals surface area (Å²) in [4.78, 5) is 32.8. The number of H-pyrrole nitrogens is 1. The number of aromatic amines is 1. The molecule has 0 bridgehead atoms. The highest BCUT2D eigenvalue weighted by Crippen LogP contribution is 2.34. The van der Waals surface area contributed by atoms with Gasteiger partial charge in [-0.15, -0.1) is 0 Å². The van der Waals surface area contributed by atoms with E-state index in [1.807, 2.05) is 38.1 Å². The molecule has 3 heterocycles. The summed E-state index contributed by atoms with van der Waals surface area (Å²) in [5.41, 5.74) is 3.68. The van der Waals surface area contributed by atoms with Gasteiger partial charge in [-0.1, -0.05) is 13.0 Å². The minimum atomic E-state index is -0.235. The van der Waals surface area contributed by atoms with Gasteiger partial charge in [0.25, 0.3) is 5.56 Å². The van der Waals surface area contributed by atoms with Crippen LogP contribution in [0.1, 0.15) is 62.2 Å². The number of ether oxygens (including phenoxy) is 2. The Morgan fingerprint density at radius 2 is 2.02 bits per heavy atom. The van der Waals surface area contributed by atoms with Crippen LogP contribution in [-0.2, 0) is 24.0 Å². The largest absolute Gasteiger partial charge is 0.492 e. The molecule has 2 aromatic heterocycles. The van der Waals surface area contributed by atoms with Gasteiger partial charge in [-0.25, -0.2) is 14.9 Å². The molecular weight excluding hydrogens is 510 g/mol. The molecule has 0 spiro atoms. The first-order chi connectivity index (χ1) is 19.4. The van der Waals surface area contributed by atoms with E-state index in [0.717, 1.165) is 79.3 Å². The number of fused-ring (bicyclic) bond motifs is 1. The molecule has 1 N–H and O–H groups in total. The number of rotatable bonds is 8. The van der Waals surface area contributed by atoms with Crippen LogP contribution in [0.25, 0.3) is 11.5 Å². The van der Waals surface area contributed by atoms with Crippen LogP contribution in [-0.4, -0.2) is 76.5 Å². The number of benzene rings is 1. The van der Waals surface area contributed by atoms with Gasteiger partial charge in [0.2, 0.25) is 5.89 Å². The van der Waals surface area contributed by atoms with Gasteiger partial charge >= 0.3 is 6.09 Å². The second kappa shape index (κ2) is 12.7. The zero-order valence-corrected chi connectivity index (χ0v) is 23.6. The molecule has 1 unspecified atom stereocenters. The predicted octanol–water partition coefficient (Wildman–Crippen LogP) is 4.19. The van der Waals surface area contributed by atoms with E-state index in [1.165, 1.54) is 0 Å². The Kier molecular flexibility index (Phi) is 8.84. The molecule has 1 saturated heterocycles. The summed E-state index contributed by atoms with van der Waals surface area (Å²) < 4.78 is 17.7. The smallest absolute Gasteiger partial charge is 0.410 e. The average Bonchev–Trinajstić information content (AvgIpc) is 3.24. The lowest BCUT2D eigenvalue weighted by atomic mass is 9.92. The second-order valence-corrected chi connectivity index (χ2v) is 10.8. The topological polar surface area (TPSA) is 114 Å². The second-order valence-electron chi connectivity index (χ2n) is 10.8. The first-order valence-corrected chi connectivity index (χ1v) is 14.4. The van der Waals surface area contributed by atoms with Crippen molar-refractivity contribution in [1.29, 1.82) is 0 Å². The summed E-state index contributed by atoms with van der Waals surface area (Å²) in [7, 11) is 0. The SMILES string of the molecule is CCc1cc(=O)[nH]nc1C1CCCc2nc(-c3cccc(OCCN4CCN(C(=O)OC(C)C)CC4)c3)oc2C1. The fraction of sp³-hybridized carbons (Fsp3) is 0.533. The Bertz CT molecular complexity index is 1360. The number of hydrogen-bond donors (Lipinski definition) is 1. The van der Waals surface area contributed by atoms with Crippen LogP contribution in [0.3, 0.4) is 0 Å². The van der Waals surface area contributed by atoms with E-state index in [0.29, 0.717) is 32.0 Å². The monoisotopic (exact) mass is 549 g/mol. The number of piperazine rings is 1. The highest BCUT2D eigenvalue weighted by atomic mass is 16.6. The normalized spacial score (nSPS) is 17.9. The Labute approximate surface area is 234 Å². The standard InChI is InChI=1S/C30H39N5O5/c1-4-21-19-27(36)32-33-28(21)22-7-6-10-25-26(18-22)40-29(31-25)23-8-5-9-24(17-23)38-16-15-34-11-13-35(14-12-34)30(37)39-20(2)3/h5,8-9,17,19-20,22H,4,6-7,10-16,18H2,1-3H3,(H,32,36). The van der Waals surface area contributed by atoms with Crippen LogP contribution in [0.15, 0.2) is 39.5 Å². The number of hydrogen-bond acceptors (Lipinski definition) is 8. The van der Waals surface area contributed by atoms with E-state index in [2.05, 4.69) is 22.0 Å². The van der Waals surface area contributed by atoms with Crippen molar-refractivity contribution in [2.24, 2.45) is 0 Å². The van der Waals surface area contributed by atoms with Crippen molar-refractivity contribution in [3.05, 3.63) is 63.4 Å². The maximum atomic E-state index is 12.1. The molecule has 1 amide bonds. The average molecular weight is 550 g/mol. The fourth-order valence-corrected chi connectivity index (χ4v) is 5.47. The van der Waals surface area contributed by atoms with Gasteiger partial charge in [0.1, 0.15) is 18.1 Å². The quantitative estimate of drug-likeness (QED) is 0.416. The van der Waals surface area contributed by atoms with Gasteiger partial charge < -0.3 is 18.8 Å². The Hall–Kier alpha value is -3.66. The zero-order valence-electron chi connectivity index (χ0n) is 23.6. The van der Waals surface area contributed by atoms with Gasteiger partial charge in [0.05, 0.1) is 17.5 Å². The summed E-state index contributed by atoms with van der Waals surface area (Å²) >= 11 is 0. The lowest BCUT2D eigenvalue weighted by Gasteiger charge is -2.34. The molecule has 0 radical (unpaired) electrons. The van der Waals surface area contributed by atoms with Crippen molar-refractivity contribution in [1.82, 2.24) is 25.0 Å². The first kappa shape index (κ1) is 27.9. The molecule has 1 aliphatic heterocycles. The molecule has 1 aromatic carbocycles. The van der Waals surface area contributed by atoms with Gasteiger partial charge in [0, 0.05) is 56.7 Å². The number of nitrogens with one attached hydrogen (secondary N) is 1. The molecule has 3 aromatic rings. The van der Waals surface area contributed by atoms with Crippen LogP contribution in [0.2, 0.25) is 0 Å². The van der Waals surface area contributed by atoms with Gasteiger partial charge in [-0.2, -0.15) is 5.10 Å². The van der Waals surface area contributed by atoms with E-state index < -0.39 is 0 Å². The molecule has 0 saturated carbocycles. The minimum absolute atomic E-state index is 0.105. The molecule has 10 nitrogen and oxygen atoms in total. The van der Waals surface area contributed by atoms with E-state index in [9.17, 15) is 9.59 Å². The van der Waals surface area contributed by atoms with Crippen LogP contribution in [0.5, 0.6) is 5.75 Å². The number of nitrogens with zero attached hydrogens (tertiary/aromatic N) is 4. The van der Waals surface area contributed by atoms with Crippen molar-refractivity contribution in [2.75, 3.05) is 39.3 Å². The minimum Gasteiger partial charge on any atom is -0.492 e. The third-order valence-corrected chi connectivity index (χ3v) is 7.59. The van der Waals surface area contributed by atoms with Crippen LogP contribution >= 0.6 is 0 Å². The van der Waals surface area contributed by atoms with Crippen molar-refractivity contribution >= 4 is 6.09 Å². The number of carbonyl (C=O) groups is 1. The fourth-order valence-electron chi connectivity index (χ4n) is 5.47. The van der Waals surface area contributed by atoms with E-state index in [1.54, 1.807) is 11.0 Å². The molecule has 214 valence electrons. The van der Waals surface area contributed by atoms with E-state index in [4.69, 9.17) is 18.9 Å². The molecule has 40 heavy (non-hydrogen) atoms. The van der Waals surface area contributed by atoms with Crippen molar-refractivity contribution in [2.45, 2.75) is 64.9 Å². The summed E-state index contributed by atoms with van der Waals surface area (Å²) in [5, 5.41) is 7.02. The molecule has 2 aliphatic rings. The lowest BCUT2D eigenvalue weighted by molar-refractivity contribution is 0.0549. The molecule has 5 rings (SSSR count). The highest BCUT2D eigenvalue weighted by molar-refractivity contribution is 5.67. The summed E-state index contributed by atoms with van der Waals surface area (Å²) in [5.74, 6) is 2.46. The van der Waals surface area contributed by atoms with Crippen LogP contribution in [0.4, 0.5) is 4.79 Å². The summed E-state index contributed by atoms with van der Waals surface area (Å²) in [6.07, 6.45) is 3.98. The maximum absolute atomic E-state index is 12.1. The number of amides is 1. The molecule has 1 atom stereocenters. The third-order valence-electron chi connectivity index (χ3n) is 7.59. The van der Waals surface area contributed by atoms with Crippen LogP contribution < -0.4 is 10.3 Å². The highest BCUT2D eigenvalue weighted by Gasteiger charge is 2.27. The Balaban J connectivity index is 1.18.